The maximum absolute atomic E-state index is 10.6. The molecule has 160 valence electrons. The first-order chi connectivity index (χ1) is 13.7. The number of nitrogens with two attached hydrogens (primary N) is 1. The molecule has 0 saturated carbocycles. The van der Waals surface area contributed by atoms with Crippen LogP contribution in [0.1, 0.15) is 11.9 Å². The number of nitrogens with zero attached hydrogens (tertiary/aromatic N) is 1. The van der Waals surface area contributed by atoms with Crippen molar-refractivity contribution in [2.45, 2.75) is 35.7 Å². The van der Waals surface area contributed by atoms with Gasteiger partial charge >= 0.3 is 0 Å². The van der Waals surface area contributed by atoms with Crippen LogP contribution in [0.5, 0.6) is 0 Å². The molecule has 2 aromatic rings. The van der Waals surface area contributed by atoms with Crippen molar-refractivity contribution in [3.8, 4) is 0 Å². The summed E-state index contributed by atoms with van der Waals surface area (Å²) >= 11 is 17.7. The van der Waals surface area contributed by atoms with Crippen LogP contribution < -0.4 is 11.1 Å². The molecule has 0 aliphatic carbocycles. The van der Waals surface area contributed by atoms with Crippen LogP contribution in [0.25, 0.3) is 5.70 Å². The third kappa shape index (κ3) is 7.57. The monoisotopic (exact) mass is 543 g/mol. The van der Waals surface area contributed by atoms with E-state index >= 15 is 0 Å². The van der Waals surface area contributed by atoms with Gasteiger partial charge in [0.15, 0.2) is 11.7 Å². The molecule has 0 fully saturated rings. The highest BCUT2D eigenvalue weighted by Crippen LogP contribution is 2.32. The van der Waals surface area contributed by atoms with Crippen molar-refractivity contribution in [1.29, 1.82) is 0 Å². The SMILES string of the molecule is CC(O)C(CO)OC(Sc1ccc(Cl)c(Cl)c1)[C@@H](O)N/C=C(\N)c1nc(Br)cs1. The van der Waals surface area contributed by atoms with Crippen LogP contribution in [0.15, 0.2) is 39.3 Å². The van der Waals surface area contributed by atoms with E-state index in [0.717, 1.165) is 11.8 Å². The predicted molar refractivity (Wildman–Crippen MR) is 121 cm³/mol. The summed E-state index contributed by atoms with van der Waals surface area (Å²) in [6.07, 6.45) is -1.66. The zero-order chi connectivity index (χ0) is 21.6. The molecule has 12 heteroatoms. The lowest BCUT2D eigenvalue weighted by Crippen LogP contribution is -2.42. The lowest BCUT2D eigenvalue weighted by molar-refractivity contribution is -0.0978. The Kier molecular flexibility index (Phi) is 9.99. The zero-order valence-corrected chi connectivity index (χ0v) is 19.9. The largest absolute Gasteiger partial charge is 0.395 e. The Morgan fingerprint density at radius 3 is 2.69 bits per heavy atom. The molecule has 4 atom stereocenters. The Hall–Kier alpha value is -0.560. The maximum atomic E-state index is 10.6. The number of aromatic nitrogens is 1. The molecule has 0 saturated heterocycles. The van der Waals surface area contributed by atoms with Gasteiger partial charge in [-0.2, -0.15) is 0 Å². The molecule has 6 N–H and O–H groups in total. The molecule has 0 amide bonds. The van der Waals surface area contributed by atoms with Crippen molar-refractivity contribution in [2.24, 2.45) is 5.73 Å². The van der Waals surface area contributed by atoms with E-state index in [1.807, 2.05) is 0 Å². The zero-order valence-electron chi connectivity index (χ0n) is 15.1. The number of hydrogen-bond donors (Lipinski definition) is 5. The number of thiazole rings is 1. The molecular formula is C17H20BrCl2N3O4S2. The van der Waals surface area contributed by atoms with Crippen LogP contribution in [0, 0.1) is 0 Å². The second kappa shape index (κ2) is 11.7. The van der Waals surface area contributed by atoms with Crippen molar-refractivity contribution in [1.82, 2.24) is 10.3 Å². The second-order valence-corrected chi connectivity index (χ2v) is 9.50. The number of thioether (sulfide) groups is 1. The van der Waals surface area contributed by atoms with Crippen LogP contribution in [0.4, 0.5) is 0 Å². The fourth-order valence-corrected chi connectivity index (χ4v) is 4.59. The quantitative estimate of drug-likeness (QED) is 0.228. The van der Waals surface area contributed by atoms with E-state index in [1.54, 1.807) is 23.6 Å². The molecule has 1 heterocycles. The first-order valence-corrected chi connectivity index (χ1v) is 11.6. The Morgan fingerprint density at radius 1 is 1.41 bits per heavy atom. The smallest absolute Gasteiger partial charge is 0.160 e. The number of hydrogen-bond acceptors (Lipinski definition) is 9. The predicted octanol–water partition coefficient (Wildman–Crippen LogP) is 3.25. The molecule has 0 spiro atoms. The van der Waals surface area contributed by atoms with Crippen LogP contribution in [-0.4, -0.2) is 50.8 Å². The lowest BCUT2D eigenvalue weighted by Gasteiger charge is -2.28. The molecule has 7 nitrogen and oxygen atoms in total. The summed E-state index contributed by atoms with van der Waals surface area (Å²) in [4.78, 5) is 4.87. The highest BCUT2D eigenvalue weighted by Gasteiger charge is 2.27. The van der Waals surface area contributed by atoms with Crippen LogP contribution in [-0.2, 0) is 4.74 Å². The van der Waals surface area contributed by atoms with Gasteiger partial charge in [0.25, 0.3) is 0 Å². The van der Waals surface area contributed by atoms with E-state index in [0.29, 0.717) is 30.2 Å². The molecule has 29 heavy (non-hydrogen) atoms. The Labute approximate surface area is 195 Å². The van der Waals surface area contributed by atoms with E-state index in [2.05, 4.69) is 26.2 Å². The summed E-state index contributed by atoms with van der Waals surface area (Å²) < 4.78 is 6.38. The van der Waals surface area contributed by atoms with Gasteiger partial charge in [-0.05, 0) is 41.1 Å². The maximum Gasteiger partial charge on any atom is 0.160 e. The van der Waals surface area contributed by atoms with E-state index in [1.165, 1.54) is 24.5 Å². The highest BCUT2D eigenvalue weighted by atomic mass is 79.9. The van der Waals surface area contributed by atoms with E-state index in [-0.39, 0.29) is 0 Å². The molecule has 1 aromatic carbocycles. The summed E-state index contributed by atoms with van der Waals surface area (Å²) in [6.45, 7) is 1.06. The molecule has 3 unspecified atom stereocenters. The standard InChI is InChI=1S/C17H20BrCl2N3O4S2/c1-8(25)13(6-24)27-17(29-9-2-3-10(19)11(20)4-9)15(26)22-5-12(21)16-23-14(18)7-28-16/h2-5,7-8,13,15,17,22,24-26H,6,21H2,1H3/b12-5-/t8?,13?,15-,17?/m1/s1. The number of aliphatic hydroxyl groups excluding tert-OH is 3. The van der Waals surface area contributed by atoms with Gasteiger partial charge in [0, 0.05) is 16.5 Å². The first kappa shape index (κ1) is 24.7. The van der Waals surface area contributed by atoms with E-state index < -0.39 is 30.5 Å². The number of ether oxygens (including phenoxy) is 1. The molecule has 0 aliphatic heterocycles. The number of benzene rings is 1. The normalized spacial score (nSPS) is 16.3. The average molecular weight is 545 g/mol. The van der Waals surface area contributed by atoms with Crippen molar-refractivity contribution >= 4 is 67.9 Å². The summed E-state index contributed by atoms with van der Waals surface area (Å²) in [5, 5.41) is 35.7. The second-order valence-electron chi connectivity index (χ2n) is 5.85. The third-order valence-electron chi connectivity index (χ3n) is 3.56. The fraction of sp³-hybridized carbons (Fsp3) is 0.353. The van der Waals surface area contributed by atoms with Crippen molar-refractivity contribution < 1.29 is 20.1 Å². The summed E-state index contributed by atoms with van der Waals surface area (Å²) in [6, 6.07) is 4.97. The Bertz CT molecular complexity index is 841. The van der Waals surface area contributed by atoms with Crippen LogP contribution in [0.2, 0.25) is 10.0 Å². The van der Waals surface area contributed by atoms with E-state index in [9.17, 15) is 15.3 Å². The number of nitrogens with one attached hydrogen (secondary N) is 1. The van der Waals surface area contributed by atoms with E-state index in [4.69, 9.17) is 33.7 Å². The van der Waals surface area contributed by atoms with Gasteiger partial charge in [0.1, 0.15) is 15.7 Å². The molecule has 0 radical (unpaired) electrons. The fourth-order valence-electron chi connectivity index (χ4n) is 2.03. The molecule has 2 rings (SSSR count). The molecular weight excluding hydrogens is 525 g/mol. The minimum Gasteiger partial charge on any atom is -0.395 e. The van der Waals surface area contributed by atoms with Gasteiger partial charge < -0.3 is 31.1 Å². The minimum atomic E-state index is -1.23. The summed E-state index contributed by atoms with van der Waals surface area (Å²) in [7, 11) is 0. The number of aliphatic hydroxyl groups is 3. The van der Waals surface area contributed by atoms with Gasteiger partial charge in [0.05, 0.1) is 28.5 Å². The van der Waals surface area contributed by atoms with Gasteiger partial charge in [-0.25, -0.2) is 4.98 Å². The third-order valence-corrected chi connectivity index (χ3v) is 7.03. The van der Waals surface area contributed by atoms with Crippen LogP contribution in [0.3, 0.4) is 0 Å². The van der Waals surface area contributed by atoms with Gasteiger partial charge in [-0.1, -0.05) is 35.0 Å². The average Bonchev–Trinajstić information content (AvgIpc) is 3.11. The lowest BCUT2D eigenvalue weighted by atomic mass is 10.2. The summed E-state index contributed by atoms with van der Waals surface area (Å²) in [5.41, 5.74) is 5.39. The number of halogens is 3. The Balaban J connectivity index is 2.16. The van der Waals surface area contributed by atoms with Gasteiger partial charge in [0.2, 0.25) is 0 Å². The van der Waals surface area contributed by atoms with Crippen LogP contribution >= 0.6 is 62.2 Å². The van der Waals surface area contributed by atoms with Crippen molar-refractivity contribution in [2.75, 3.05) is 6.61 Å². The highest BCUT2D eigenvalue weighted by molar-refractivity contribution is 9.10. The Morgan fingerprint density at radius 2 is 2.14 bits per heavy atom. The molecule has 0 aliphatic rings. The van der Waals surface area contributed by atoms with Crippen molar-refractivity contribution in [3.05, 3.63) is 49.4 Å². The molecule has 1 aromatic heterocycles. The molecule has 0 bridgehead atoms. The topological polar surface area (TPSA) is 121 Å². The van der Waals surface area contributed by atoms with Gasteiger partial charge in [-0.3, -0.25) is 0 Å². The summed E-state index contributed by atoms with van der Waals surface area (Å²) in [5.74, 6) is 0. The minimum absolute atomic E-state index is 0.326. The number of rotatable bonds is 10. The first-order valence-electron chi connectivity index (χ1n) is 8.28. The van der Waals surface area contributed by atoms with Gasteiger partial charge in [-0.15, -0.1) is 11.3 Å². The van der Waals surface area contributed by atoms with Crippen molar-refractivity contribution in [3.63, 3.8) is 0 Å².